The first kappa shape index (κ1) is 38.0. The summed E-state index contributed by atoms with van der Waals surface area (Å²) in [6.45, 7) is -3.01. The van der Waals surface area contributed by atoms with Gasteiger partial charge in [0.2, 0.25) is 0 Å². The number of rotatable bonds is 11. The van der Waals surface area contributed by atoms with Crippen molar-refractivity contribution in [1.82, 2.24) is 0 Å². The van der Waals surface area contributed by atoms with Crippen molar-refractivity contribution in [2.24, 2.45) is 0 Å². The van der Waals surface area contributed by atoms with Crippen LogP contribution in [0, 0.1) is 0 Å². The molecular formula is C25H44O21. The number of hydrogen-bond acceptors (Lipinski definition) is 21. The first-order chi connectivity index (χ1) is 21.8. The number of aliphatic hydroxyl groups is 13. The fourth-order valence-corrected chi connectivity index (χ4v) is 5.59. The Morgan fingerprint density at radius 2 is 0.848 bits per heavy atom. The van der Waals surface area contributed by atoms with Gasteiger partial charge < -0.3 is 104 Å². The molecule has 0 unspecified atom stereocenters. The molecule has 270 valence electrons. The largest absolute Gasteiger partial charge is 0.394 e. The predicted octanol–water partition coefficient (Wildman–Crippen LogP) is -9.09. The zero-order valence-electron chi connectivity index (χ0n) is 24.5. The topological polar surface area (TPSA) is 337 Å². The Labute approximate surface area is 261 Å². The highest BCUT2D eigenvalue weighted by Gasteiger charge is 2.54. The summed E-state index contributed by atoms with van der Waals surface area (Å²) in [5.74, 6) is 0. The van der Waals surface area contributed by atoms with Gasteiger partial charge >= 0.3 is 0 Å². The van der Waals surface area contributed by atoms with Crippen molar-refractivity contribution < 1.29 is 104 Å². The number of hydrogen-bond donors (Lipinski definition) is 13. The molecule has 0 aliphatic carbocycles. The zero-order chi connectivity index (χ0) is 34.0. The lowest BCUT2D eigenvalue weighted by Gasteiger charge is -2.48. The minimum Gasteiger partial charge on any atom is -0.394 e. The quantitative estimate of drug-likeness (QED) is 0.0963. The van der Waals surface area contributed by atoms with Crippen molar-refractivity contribution in [1.29, 1.82) is 0 Å². The Bertz CT molecular complexity index is 930. The monoisotopic (exact) mass is 680 g/mol. The van der Waals surface area contributed by atoms with Gasteiger partial charge in [-0.15, -0.1) is 0 Å². The Kier molecular flexibility index (Phi) is 13.4. The second-order valence-corrected chi connectivity index (χ2v) is 11.4. The molecular weight excluding hydrogens is 636 g/mol. The molecule has 0 amide bonds. The van der Waals surface area contributed by atoms with E-state index in [9.17, 15) is 66.4 Å². The first-order valence-electron chi connectivity index (χ1n) is 14.5. The lowest BCUT2D eigenvalue weighted by Crippen LogP contribution is -2.67. The van der Waals surface area contributed by atoms with E-state index in [2.05, 4.69) is 0 Å². The van der Waals surface area contributed by atoms with Gasteiger partial charge in [0.15, 0.2) is 25.2 Å². The molecule has 0 spiro atoms. The summed E-state index contributed by atoms with van der Waals surface area (Å²) in [7, 11) is 1.14. The van der Waals surface area contributed by atoms with E-state index in [-0.39, 0.29) is 0 Å². The van der Waals surface area contributed by atoms with E-state index in [1.807, 2.05) is 0 Å². The minimum atomic E-state index is -1.94. The second kappa shape index (κ2) is 16.2. The van der Waals surface area contributed by atoms with Crippen molar-refractivity contribution in [3.8, 4) is 0 Å². The van der Waals surface area contributed by atoms with Crippen LogP contribution in [0.3, 0.4) is 0 Å². The molecule has 0 aromatic rings. The number of methoxy groups -OCH3 is 1. The van der Waals surface area contributed by atoms with Crippen LogP contribution >= 0.6 is 0 Å². The van der Waals surface area contributed by atoms with Crippen LogP contribution in [0.4, 0.5) is 0 Å². The van der Waals surface area contributed by atoms with Gasteiger partial charge in [0.1, 0.15) is 97.7 Å². The molecule has 20 atom stereocenters. The van der Waals surface area contributed by atoms with Crippen LogP contribution in [-0.2, 0) is 37.9 Å². The Morgan fingerprint density at radius 3 is 1.37 bits per heavy atom. The zero-order valence-corrected chi connectivity index (χ0v) is 24.5. The predicted molar refractivity (Wildman–Crippen MR) is 139 cm³/mol. The van der Waals surface area contributed by atoms with Crippen LogP contribution in [-0.4, -0.2) is 223 Å². The smallest absolute Gasteiger partial charge is 0.187 e. The summed E-state index contributed by atoms with van der Waals surface area (Å²) in [6, 6.07) is 0. The van der Waals surface area contributed by atoms with E-state index in [1.165, 1.54) is 0 Å². The van der Waals surface area contributed by atoms with Gasteiger partial charge in [-0.1, -0.05) is 0 Å². The lowest BCUT2D eigenvalue weighted by atomic mass is 9.96. The molecule has 4 aliphatic rings. The van der Waals surface area contributed by atoms with E-state index in [1.54, 1.807) is 0 Å². The van der Waals surface area contributed by atoms with Crippen LogP contribution in [0.15, 0.2) is 0 Å². The van der Waals surface area contributed by atoms with E-state index in [4.69, 9.17) is 37.9 Å². The van der Waals surface area contributed by atoms with Gasteiger partial charge in [-0.25, -0.2) is 0 Å². The molecule has 4 aliphatic heterocycles. The van der Waals surface area contributed by atoms with Gasteiger partial charge in [-0.2, -0.15) is 0 Å². The van der Waals surface area contributed by atoms with Crippen molar-refractivity contribution in [2.45, 2.75) is 123 Å². The highest BCUT2D eigenvalue weighted by atomic mass is 16.8. The van der Waals surface area contributed by atoms with Gasteiger partial charge in [-0.3, -0.25) is 0 Å². The standard InChI is InChI=1S/C25H44O21/c1-39-22-19(38)20(13(32)9(44-22)5-40-23-17(36)14(33)10(29)6(2-26)41-23)45-25-21(16(35)12(31)8(4-28)43-25)46-24-18(37)15(34)11(30)7(3-27)42-24/h6-38H,2-5H2,1H3/t6-,7-,8-,9-,10-,11-,12-,13-,14+,15+,16+,17+,18+,19+,20+,21+,22+,23+,24-,25-/m1/s1. The van der Waals surface area contributed by atoms with Gasteiger partial charge in [0, 0.05) is 7.11 Å². The maximum atomic E-state index is 11.2. The maximum absolute atomic E-state index is 11.2. The fourth-order valence-electron chi connectivity index (χ4n) is 5.59. The average Bonchev–Trinajstić information content (AvgIpc) is 3.05. The average molecular weight is 681 g/mol. The normalized spacial score (nSPS) is 52.0. The summed E-state index contributed by atoms with van der Waals surface area (Å²) in [6.07, 6.45) is -34.1. The molecule has 0 saturated carbocycles. The van der Waals surface area contributed by atoms with Crippen LogP contribution < -0.4 is 0 Å². The van der Waals surface area contributed by atoms with Gasteiger partial charge in [-0.05, 0) is 0 Å². The number of ether oxygens (including phenoxy) is 8. The molecule has 13 N–H and O–H groups in total. The second-order valence-electron chi connectivity index (χ2n) is 11.4. The SMILES string of the molecule is CO[C@H]1O[C@H](CO[C@H]2O[C@H](CO)[C@@H](O)[C@H](O)[C@@H]2O)[C@@H](O)[C@H](O[C@H]2O[C@H](CO)[C@@H](O)[C@H](O)[C@@H]2O[C@H]2O[C@H](CO)[C@@H](O)[C@H](O)[C@@H]2O)[C@@H]1O. The molecule has 21 nitrogen and oxygen atoms in total. The summed E-state index contributed by atoms with van der Waals surface area (Å²) in [5.41, 5.74) is 0. The van der Waals surface area contributed by atoms with Gasteiger partial charge in [0.25, 0.3) is 0 Å². The third-order valence-corrected chi connectivity index (χ3v) is 8.40. The van der Waals surface area contributed by atoms with E-state index in [0.717, 1.165) is 7.11 Å². The van der Waals surface area contributed by atoms with Crippen LogP contribution in [0.2, 0.25) is 0 Å². The molecule has 46 heavy (non-hydrogen) atoms. The Morgan fingerprint density at radius 1 is 0.413 bits per heavy atom. The summed E-state index contributed by atoms with van der Waals surface area (Å²) in [5, 5.41) is 133. The maximum Gasteiger partial charge on any atom is 0.187 e. The van der Waals surface area contributed by atoms with Crippen LogP contribution in [0.25, 0.3) is 0 Å². The van der Waals surface area contributed by atoms with E-state index < -0.39 is 149 Å². The van der Waals surface area contributed by atoms with Crippen molar-refractivity contribution in [3.63, 3.8) is 0 Å². The molecule has 4 fully saturated rings. The highest BCUT2D eigenvalue weighted by molar-refractivity contribution is 4.97. The van der Waals surface area contributed by atoms with Crippen molar-refractivity contribution >= 4 is 0 Å². The van der Waals surface area contributed by atoms with Gasteiger partial charge in [0.05, 0.1) is 26.4 Å². The summed E-state index contributed by atoms with van der Waals surface area (Å²) in [4.78, 5) is 0. The molecule has 21 heteroatoms. The fraction of sp³-hybridized carbons (Fsp3) is 1.00. The molecule has 4 heterocycles. The molecule has 4 rings (SSSR count). The summed E-state index contributed by atoms with van der Waals surface area (Å²) < 4.78 is 43.7. The molecule has 0 bridgehead atoms. The number of aliphatic hydroxyl groups excluding tert-OH is 13. The third kappa shape index (κ3) is 7.65. The minimum absolute atomic E-state index is 0.618. The Hall–Kier alpha value is -0.840. The summed E-state index contributed by atoms with van der Waals surface area (Å²) >= 11 is 0. The molecule has 4 saturated heterocycles. The van der Waals surface area contributed by atoms with Crippen LogP contribution in [0.5, 0.6) is 0 Å². The Balaban J connectivity index is 1.52. The van der Waals surface area contributed by atoms with Crippen LogP contribution in [0.1, 0.15) is 0 Å². The highest BCUT2D eigenvalue weighted by Crippen LogP contribution is 2.33. The van der Waals surface area contributed by atoms with E-state index in [0.29, 0.717) is 0 Å². The van der Waals surface area contributed by atoms with E-state index >= 15 is 0 Å². The third-order valence-electron chi connectivity index (χ3n) is 8.40. The molecule has 0 aromatic carbocycles. The molecule has 0 radical (unpaired) electrons. The molecule has 0 aromatic heterocycles. The van der Waals surface area contributed by atoms with Crippen molar-refractivity contribution in [3.05, 3.63) is 0 Å². The first-order valence-corrected chi connectivity index (χ1v) is 14.5. The lowest BCUT2D eigenvalue weighted by molar-refractivity contribution is -0.390. The van der Waals surface area contributed by atoms with Crippen molar-refractivity contribution in [2.75, 3.05) is 33.5 Å².